The highest BCUT2D eigenvalue weighted by atomic mass is 16.5. The van der Waals surface area contributed by atoms with E-state index in [1.54, 1.807) is 50.7 Å². The van der Waals surface area contributed by atoms with Gasteiger partial charge in [0.25, 0.3) is 5.91 Å². The molecule has 126 valence electrons. The maximum absolute atomic E-state index is 12.8. The summed E-state index contributed by atoms with van der Waals surface area (Å²) in [4.78, 5) is 19.3. The van der Waals surface area contributed by atoms with E-state index in [9.17, 15) is 4.79 Å². The number of hydrogen-bond donors (Lipinski definition) is 1. The van der Waals surface area contributed by atoms with E-state index in [0.29, 0.717) is 22.7 Å². The van der Waals surface area contributed by atoms with E-state index in [0.717, 1.165) is 31.7 Å². The molecule has 6 nitrogen and oxygen atoms in total. The lowest BCUT2D eigenvalue weighted by atomic mass is 10.2. The normalized spacial score (nSPS) is 13.7. The van der Waals surface area contributed by atoms with E-state index >= 15 is 0 Å². The van der Waals surface area contributed by atoms with Gasteiger partial charge in [-0.1, -0.05) is 0 Å². The minimum Gasteiger partial charge on any atom is -0.497 e. The Labute approximate surface area is 141 Å². The first-order valence-corrected chi connectivity index (χ1v) is 7.96. The van der Waals surface area contributed by atoms with Crippen molar-refractivity contribution >= 4 is 17.4 Å². The highest BCUT2D eigenvalue weighted by Crippen LogP contribution is 2.30. The predicted molar refractivity (Wildman–Crippen MR) is 93.2 cm³/mol. The molecular weight excluding hydrogens is 306 g/mol. The summed E-state index contributed by atoms with van der Waals surface area (Å²) in [7, 11) is 3.15. The summed E-state index contributed by atoms with van der Waals surface area (Å²) in [6, 6.07) is 8.86. The summed E-state index contributed by atoms with van der Waals surface area (Å²) >= 11 is 0. The maximum Gasteiger partial charge on any atom is 0.259 e. The second kappa shape index (κ2) is 7.21. The Balaban J connectivity index is 1.88. The number of ether oxygens (including phenoxy) is 2. The number of hydrogen-bond acceptors (Lipinski definition) is 5. The molecule has 6 heteroatoms. The number of benzene rings is 1. The highest BCUT2D eigenvalue weighted by molar-refractivity contribution is 6.08. The predicted octanol–water partition coefficient (Wildman–Crippen LogP) is 2.95. The van der Waals surface area contributed by atoms with Gasteiger partial charge in [-0.3, -0.25) is 4.79 Å². The van der Waals surface area contributed by atoms with Crippen LogP contribution in [0.5, 0.6) is 11.5 Å². The summed E-state index contributed by atoms with van der Waals surface area (Å²) in [5.41, 5.74) is 1.13. The van der Waals surface area contributed by atoms with Gasteiger partial charge < -0.3 is 19.7 Å². The van der Waals surface area contributed by atoms with Crippen molar-refractivity contribution < 1.29 is 14.3 Å². The molecule has 0 saturated carbocycles. The van der Waals surface area contributed by atoms with Crippen LogP contribution in [0.15, 0.2) is 36.5 Å². The van der Waals surface area contributed by atoms with Crippen LogP contribution in [0.4, 0.5) is 11.5 Å². The number of carbonyl (C=O) groups excluding carboxylic acids is 1. The lowest BCUT2D eigenvalue weighted by Crippen LogP contribution is -2.24. The molecule has 0 spiro atoms. The molecule has 1 saturated heterocycles. The number of anilines is 2. The van der Waals surface area contributed by atoms with E-state index in [1.807, 2.05) is 0 Å². The van der Waals surface area contributed by atoms with Crippen molar-refractivity contribution in [2.75, 3.05) is 37.5 Å². The molecule has 2 heterocycles. The molecular formula is C18H21N3O3. The Kier molecular flexibility index (Phi) is 4.84. The zero-order chi connectivity index (χ0) is 16.9. The van der Waals surface area contributed by atoms with Crippen LogP contribution in [-0.2, 0) is 0 Å². The minimum atomic E-state index is -0.212. The summed E-state index contributed by atoms with van der Waals surface area (Å²) in [5, 5.41) is 2.91. The molecule has 0 radical (unpaired) electrons. The van der Waals surface area contributed by atoms with Crippen LogP contribution in [0.2, 0.25) is 0 Å². The van der Waals surface area contributed by atoms with Crippen LogP contribution >= 0.6 is 0 Å². The third-order valence-electron chi connectivity index (χ3n) is 4.09. The number of pyridine rings is 1. The van der Waals surface area contributed by atoms with Crippen LogP contribution in [0.25, 0.3) is 0 Å². The summed E-state index contributed by atoms with van der Waals surface area (Å²) < 4.78 is 10.5. The molecule has 1 N–H and O–H groups in total. The van der Waals surface area contributed by atoms with Crippen molar-refractivity contribution in [3.63, 3.8) is 0 Å². The molecule has 1 amide bonds. The molecule has 0 aliphatic carbocycles. The average molecular weight is 327 g/mol. The molecule has 1 aliphatic heterocycles. The van der Waals surface area contributed by atoms with Gasteiger partial charge in [-0.25, -0.2) is 4.98 Å². The van der Waals surface area contributed by atoms with Crippen molar-refractivity contribution in [1.29, 1.82) is 0 Å². The van der Waals surface area contributed by atoms with Crippen molar-refractivity contribution in [3.8, 4) is 11.5 Å². The largest absolute Gasteiger partial charge is 0.497 e. The third-order valence-corrected chi connectivity index (χ3v) is 4.09. The quantitative estimate of drug-likeness (QED) is 0.915. The van der Waals surface area contributed by atoms with Gasteiger partial charge in [0, 0.05) is 25.4 Å². The number of nitrogens with one attached hydrogen (secondary N) is 1. The molecule has 0 unspecified atom stereocenters. The van der Waals surface area contributed by atoms with Crippen molar-refractivity contribution in [2.24, 2.45) is 0 Å². The summed E-state index contributed by atoms with van der Waals surface area (Å²) in [5.74, 6) is 1.75. The van der Waals surface area contributed by atoms with E-state index in [4.69, 9.17) is 9.47 Å². The van der Waals surface area contributed by atoms with Gasteiger partial charge in [0.15, 0.2) is 0 Å². The Morgan fingerprint density at radius 3 is 2.67 bits per heavy atom. The number of rotatable bonds is 5. The van der Waals surface area contributed by atoms with Gasteiger partial charge in [-0.2, -0.15) is 0 Å². The number of aromatic nitrogens is 1. The van der Waals surface area contributed by atoms with E-state index in [-0.39, 0.29) is 5.91 Å². The van der Waals surface area contributed by atoms with Crippen LogP contribution in [0, 0.1) is 0 Å². The molecule has 0 atom stereocenters. The van der Waals surface area contributed by atoms with Gasteiger partial charge >= 0.3 is 0 Å². The second-order valence-corrected chi connectivity index (χ2v) is 5.59. The second-order valence-electron chi connectivity index (χ2n) is 5.59. The topological polar surface area (TPSA) is 63.7 Å². The number of carbonyl (C=O) groups is 1. The van der Waals surface area contributed by atoms with Crippen LogP contribution in [0.3, 0.4) is 0 Å². The smallest absolute Gasteiger partial charge is 0.259 e. The number of nitrogens with zero attached hydrogens (tertiary/aromatic N) is 2. The highest BCUT2D eigenvalue weighted by Gasteiger charge is 2.21. The van der Waals surface area contributed by atoms with Crippen molar-refractivity contribution in [1.82, 2.24) is 4.98 Å². The molecule has 1 aromatic heterocycles. The Morgan fingerprint density at radius 2 is 1.96 bits per heavy atom. The monoisotopic (exact) mass is 327 g/mol. The Morgan fingerprint density at radius 1 is 1.17 bits per heavy atom. The van der Waals surface area contributed by atoms with Gasteiger partial charge in [0.1, 0.15) is 17.3 Å². The molecule has 1 fully saturated rings. The zero-order valence-corrected chi connectivity index (χ0v) is 13.9. The van der Waals surface area contributed by atoms with Gasteiger partial charge in [-0.05, 0) is 37.1 Å². The molecule has 3 rings (SSSR count). The molecule has 2 aromatic rings. The molecule has 1 aliphatic rings. The SMILES string of the molecule is COc1ccc(OC)c(NC(=O)c2cccnc2N2CCCC2)c1. The zero-order valence-electron chi connectivity index (χ0n) is 13.9. The Hall–Kier alpha value is -2.76. The van der Waals surface area contributed by atoms with Gasteiger partial charge in [0.05, 0.1) is 25.5 Å². The van der Waals surface area contributed by atoms with E-state index in [2.05, 4.69) is 15.2 Å². The standard InChI is InChI=1S/C18H21N3O3/c1-23-13-7-8-16(24-2)15(12-13)20-18(22)14-6-5-9-19-17(14)21-10-3-4-11-21/h5-9,12H,3-4,10-11H2,1-2H3,(H,20,22). The Bertz CT molecular complexity index is 727. The summed E-state index contributed by atoms with van der Waals surface area (Å²) in [6.45, 7) is 1.86. The molecule has 1 aromatic carbocycles. The van der Waals surface area contributed by atoms with E-state index in [1.165, 1.54) is 0 Å². The van der Waals surface area contributed by atoms with Crippen molar-refractivity contribution in [2.45, 2.75) is 12.8 Å². The van der Waals surface area contributed by atoms with Crippen molar-refractivity contribution in [3.05, 3.63) is 42.1 Å². The lowest BCUT2D eigenvalue weighted by molar-refractivity contribution is 0.102. The minimum absolute atomic E-state index is 0.212. The first-order valence-electron chi connectivity index (χ1n) is 7.96. The fraction of sp³-hybridized carbons (Fsp3) is 0.333. The van der Waals surface area contributed by atoms with Gasteiger partial charge in [0.2, 0.25) is 0 Å². The lowest BCUT2D eigenvalue weighted by Gasteiger charge is -2.19. The first kappa shape index (κ1) is 16.1. The van der Waals surface area contributed by atoms with Crippen LogP contribution in [-0.4, -0.2) is 38.2 Å². The number of amides is 1. The fourth-order valence-corrected chi connectivity index (χ4v) is 2.86. The summed E-state index contributed by atoms with van der Waals surface area (Å²) in [6.07, 6.45) is 3.97. The third kappa shape index (κ3) is 3.27. The van der Waals surface area contributed by atoms with Crippen LogP contribution in [0.1, 0.15) is 23.2 Å². The average Bonchev–Trinajstić information content (AvgIpc) is 3.16. The molecule has 24 heavy (non-hydrogen) atoms. The molecule has 0 bridgehead atoms. The van der Waals surface area contributed by atoms with Gasteiger partial charge in [-0.15, -0.1) is 0 Å². The first-order chi connectivity index (χ1) is 11.7. The number of methoxy groups -OCH3 is 2. The van der Waals surface area contributed by atoms with E-state index < -0.39 is 0 Å². The fourth-order valence-electron chi connectivity index (χ4n) is 2.86. The maximum atomic E-state index is 12.8. The van der Waals surface area contributed by atoms with Crippen LogP contribution < -0.4 is 19.7 Å².